The molecule has 3 aliphatic rings. The van der Waals surface area contributed by atoms with Gasteiger partial charge in [-0.2, -0.15) is 0 Å². The van der Waals surface area contributed by atoms with E-state index < -0.39 is 12.0 Å². The first-order valence-corrected chi connectivity index (χ1v) is 8.81. The van der Waals surface area contributed by atoms with Crippen LogP contribution in [0.25, 0.3) is 0 Å². The van der Waals surface area contributed by atoms with Crippen LogP contribution in [0.3, 0.4) is 0 Å². The first-order valence-electron chi connectivity index (χ1n) is 8.81. The molecule has 2 aromatic rings. The molecule has 1 saturated carbocycles. The Morgan fingerprint density at radius 3 is 2.64 bits per heavy atom. The van der Waals surface area contributed by atoms with Crippen molar-refractivity contribution in [3.8, 4) is 11.5 Å². The van der Waals surface area contributed by atoms with E-state index in [1.54, 1.807) is 6.07 Å². The summed E-state index contributed by atoms with van der Waals surface area (Å²) in [6.45, 7) is 0. The maximum Gasteiger partial charge on any atom is 0.340 e. The van der Waals surface area contributed by atoms with E-state index in [0.29, 0.717) is 5.56 Å². The minimum absolute atomic E-state index is 0.296. The number of hydrogen-bond acceptors (Lipinski definition) is 5. The second-order valence-corrected chi connectivity index (χ2v) is 6.85. The molecular formula is C20H19NO4. The summed E-state index contributed by atoms with van der Waals surface area (Å²) in [4.78, 5) is 11.9. The maximum atomic E-state index is 11.9. The van der Waals surface area contributed by atoms with Gasteiger partial charge in [-0.15, -0.1) is 0 Å². The summed E-state index contributed by atoms with van der Waals surface area (Å²) in [7, 11) is 0. The number of fused-ring (bicyclic) bond motifs is 2. The van der Waals surface area contributed by atoms with Crippen LogP contribution in [-0.4, -0.2) is 11.8 Å². The van der Waals surface area contributed by atoms with Crippen molar-refractivity contribution in [2.24, 2.45) is 0 Å². The third-order valence-corrected chi connectivity index (χ3v) is 5.14. The van der Waals surface area contributed by atoms with Gasteiger partial charge in [0.25, 0.3) is 5.79 Å². The van der Waals surface area contributed by atoms with Crippen molar-refractivity contribution in [1.29, 1.82) is 0 Å². The Morgan fingerprint density at radius 2 is 1.76 bits per heavy atom. The fourth-order valence-corrected chi connectivity index (χ4v) is 3.88. The first kappa shape index (κ1) is 14.6. The summed E-state index contributed by atoms with van der Waals surface area (Å²) in [6.07, 6.45) is 4.88. The monoisotopic (exact) mass is 337 g/mol. The SMILES string of the molecule is O=C1OC(Nc2ccc3c(c2)OC2(CCCCC2)O3)c2ccccc21. The number of carbonyl (C=O) groups is 1. The van der Waals surface area contributed by atoms with E-state index >= 15 is 0 Å². The molecule has 1 N–H and O–H groups in total. The number of hydrogen-bond donors (Lipinski definition) is 1. The van der Waals surface area contributed by atoms with Crippen LogP contribution >= 0.6 is 0 Å². The normalized spacial score (nSPS) is 22.6. The van der Waals surface area contributed by atoms with Crippen LogP contribution in [0.1, 0.15) is 54.3 Å². The molecule has 25 heavy (non-hydrogen) atoms. The molecule has 5 nitrogen and oxygen atoms in total. The van der Waals surface area contributed by atoms with Crippen LogP contribution in [0.5, 0.6) is 11.5 Å². The molecule has 1 spiro atoms. The maximum absolute atomic E-state index is 11.9. The lowest BCUT2D eigenvalue weighted by atomic mass is 9.94. The Bertz CT molecular complexity index is 841. The Kier molecular flexibility index (Phi) is 3.17. The number of rotatable bonds is 2. The lowest BCUT2D eigenvalue weighted by Crippen LogP contribution is -2.40. The van der Waals surface area contributed by atoms with Crippen molar-refractivity contribution < 1.29 is 19.0 Å². The summed E-state index contributed by atoms with van der Waals surface area (Å²) < 4.78 is 17.7. The van der Waals surface area contributed by atoms with Gasteiger partial charge in [-0.25, -0.2) is 4.79 Å². The highest BCUT2D eigenvalue weighted by Crippen LogP contribution is 2.47. The topological polar surface area (TPSA) is 56.8 Å². The van der Waals surface area contributed by atoms with Crippen LogP contribution in [0.15, 0.2) is 42.5 Å². The van der Waals surface area contributed by atoms with E-state index in [2.05, 4.69) is 5.32 Å². The molecule has 2 aromatic carbocycles. The van der Waals surface area contributed by atoms with Crippen molar-refractivity contribution in [1.82, 2.24) is 0 Å². The quantitative estimate of drug-likeness (QED) is 0.823. The zero-order valence-corrected chi connectivity index (χ0v) is 13.8. The van der Waals surface area contributed by atoms with E-state index in [9.17, 15) is 4.79 Å². The van der Waals surface area contributed by atoms with E-state index in [0.717, 1.165) is 48.4 Å². The molecule has 0 bridgehead atoms. The average molecular weight is 337 g/mol. The Hall–Kier alpha value is -2.69. The second-order valence-electron chi connectivity index (χ2n) is 6.85. The lowest BCUT2D eigenvalue weighted by molar-refractivity contribution is -0.105. The Labute approximate surface area is 145 Å². The number of cyclic esters (lactones) is 1. The molecule has 2 aliphatic heterocycles. The third-order valence-electron chi connectivity index (χ3n) is 5.14. The van der Waals surface area contributed by atoms with E-state index in [4.69, 9.17) is 14.2 Å². The van der Waals surface area contributed by atoms with Gasteiger partial charge in [0.05, 0.1) is 5.56 Å². The minimum atomic E-state index is -0.481. The van der Waals surface area contributed by atoms with Gasteiger partial charge >= 0.3 is 5.97 Å². The van der Waals surface area contributed by atoms with Crippen LogP contribution < -0.4 is 14.8 Å². The highest BCUT2D eigenvalue weighted by molar-refractivity contribution is 5.94. The van der Waals surface area contributed by atoms with Gasteiger partial charge in [0.15, 0.2) is 11.5 Å². The molecule has 128 valence electrons. The van der Waals surface area contributed by atoms with Crippen LogP contribution in [-0.2, 0) is 4.74 Å². The van der Waals surface area contributed by atoms with Crippen molar-refractivity contribution >= 4 is 11.7 Å². The number of anilines is 1. The van der Waals surface area contributed by atoms with Gasteiger partial charge < -0.3 is 19.5 Å². The van der Waals surface area contributed by atoms with Gasteiger partial charge in [0.1, 0.15) is 0 Å². The van der Waals surface area contributed by atoms with Crippen LogP contribution in [0, 0.1) is 0 Å². The molecule has 1 aliphatic carbocycles. The summed E-state index contributed by atoms with van der Waals surface area (Å²) in [6, 6.07) is 13.2. The molecule has 5 heteroatoms. The summed E-state index contributed by atoms with van der Waals surface area (Å²) in [5, 5.41) is 3.27. The largest absolute Gasteiger partial charge is 0.448 e. The fourth-order valence-electron chi connectivity index (χ4n) is 3.88. The molecule has 1 fully saturated rings. The second kappa shape index (κ2) is 5.41. The van der Waals surface area contributed by atoms with Gasteiger partial charge in [-0.1, -0.05) is 24.6 Å². The standard InChI is InChI=1S/C20H19NO4/c22-19-15-7-3-2-6-14(15)18(23-19)21-13-8-9-16-17(12-13)25-20(24-16)10-4-1-5-11-20/h2-3,6-9,12,18,21H,1,4-5,10-11H2. The number of esters is 1. The third kappa shape index (κ3) is 2.42. The molecule has 5 rings (SSSR count). The van der Waals surface area contributed by atoms with Gasteiger partial charge in [0, 0.05) is 30.2 Å². The van der Waals surface area contributed by atoms with E-state index in [1.807, 2.05) is 36.4 Å². The summed E-state index contributed by atoms with van der Waals surface area (Å²) >= 11 is 0. The Balaban J connectivity index is 1.38. The zero-order chi connectivity index (χ0) is 16.9. The molecule has 2 heterocycles. The fraction of sp³-hybridized carbons (Fsp3) is 0.350. The number of ether oxygens (including phenoxy) is 3. The molecule has 0 radical (unpaired) electrons. The molecule has 1 atom stereocenters. The molecule has 0 amide bonds. The summed E-state index contributed by atoms with van der Waals surface area (Å²) in [5.74, 6) is 0.766. The van der Waals surface area contributed by atoms with Gasteiger partial charge in [-0.3, -0.25) is 0 Å². The Morgan fingerprint density at radius 1 is 0.960 bits per heavy atom. The number of nitrogens with one attached hydrogen (secondary N) is 1. The molecule has 1 unspecified atom stereocenters. The molecular weight excluding hydrogens is 318 g/mol. The van der Waals surface area contributed by atoms with Gasteiger partial charge in [0.2, 0.25) is 6.23 Å². The minimum Gasteiger partial charge on any atom is -0.448 e. The van der Waals surface area contributed by atoms with Crippen LogP contribution in [0.4, 0.5) is 5.69 Å². The predicted octanol–water partition coefficient (Wildman–Crippen LogP) is 4.40. The average Bonchev–Trinajstić information content (AvgIpc) is 3.13. The van der Waals surface area contributed by atoms with Crippen LogP contribution in [0.2, 0.25) is 0 Å². The number of carbonyl (C=O) groups excluding carboxylic acids is 1. The molecule has 0 saturated heterocycles. The smallest absolute Gasteiger partial charge is 0.340 e. The zero-order valence-electron chi connectivity index (χ0n) is 13.8. The van der Waals surface area contributed by atoms with E-state index in [-0.39, 0.29) is 5.97 Å². The van der Waals surface area contributed by atoms with Crippen molar-refractivity contribution in [2.45, 2.75) is 44.1 Å². The first-order chi connectivity index (χ1) is 12.2. The van der Waals surface area contributed by atoms with Gasteiger partial charge in [-0.05, 0) is 31.0 Å². The highest BCUT2D eigenvalue weighted by Gasteiger charge is 2.42. The van der Waals surface area contributed by atoms with Crippen molar-refractivity contribution in [3.63, 3.8) is 0 Å². The highest BCUT2D eigenvalue weighted by atomic mass is 16.7. The molecule has 0 aromatic heterocycles. The van der Waals surface area contributed by atoms with Crippen molar-refractivity contribution in [2.75, 3.05) is 5.32 Å². The number of benzene rings is 2. The van der Waals surface area contributed by atoms with Crippen molar-refractivity contribution in [3.05, 3.63) is 53.6 Å². The lowest BCUT2D eigenvalue weighted by Gasteiger charge is -2.31. The van der Waals surface area contributed by atoms with E-state index in [1.165, 1.54) is 6.42 Å². The summed E-state index contributed by atoms with van der Waals surface area (Å²) in [5.41, 5.74) is 2.31. The predicted molar refractivity (Wildman–Crippen MR) is 91.7 cm³/mol.